The molecule has 0 amide bonds. The lowest BCUT2D eigenvalue weighted by Crippen LogP contribution is -2.24. The van der Waals surface area contributed by atoms with E-state index in [1.54, 1.807) is 0 Å². The minimum Gasteiger partial charge on any atom is -0.303 e. The van der Waals surface area contributed by atoms with Crippen LogP contribution in [0.5, 0.6) is 0 Å². The average Bonchev–Trinajstić information content (AvgIpc) is 2.83. The molecule has 0 aliphatic carbocycles. The molecule has 1 aliphatic rings. The summed E-state index contributed by atoms with van der Waals surface area (Å²) in [6.45, 7) is 2.12. The van der Waals surface area contributed by atoms with Crippen LogP contribution in [0.2, 0.25) is 0 Å². The molecule has 0 fully saturated rings. The quantitative estimate of drug-likeness (QED) is 0.893. The smallest absolute Gasteiger partial charge is 0.123 e. The molecule has 0 aromatic heterocycles. The van der Waals surface area contributed by atoms with Crippen molar-refractivity contribution < 1.29 is 4.39 Å². The maximum absolute atomic E-state index is 12.9. The van der Waals surface area contributed by atoms with E-state index >= 15 is 0 Å². The van der Waals surface area contributed by atoms with Crippen LogP contribution in [0.1, 0.15) is 30.1 Å². The van der Waals surface area contributed by atoms with Gasteiger partial charge in [-0.05, 0) is 36.2 Å². The van der Waals surface area contributed by atoms with Gasteiger partial charge >= 0.3 is 0 Å². The summed E-state index contributed by atoms with van der Waals surface area (Å²) in [6, 6.07) is 15.9. The molecule has 3 rings (SSSR count). The maximum atomic E-state index is 12.9. The summed E-state index contributed by atoms with van der Waals surface area (Å²) in [4.78, 5) is 1.37. The van der Waals surface area contributed by atoms with Gasteiger partial charge in [0.05, 0.1) is 0 Å². The molecule has 2 aromatic rings. The van der Waals surface area contributed by atoms with Crippen molar-refractivity contribution in [3.8, 4) is 0 Å². The van der Waals surface area contributed by atoms with E-state index < -0.39 is 0 Å². The highest BCUT2D eigenvalue weighted by Crippen LogP contribution is 2.38. The molecule has 19 heavy (non-hydrogen) atoms. The van der Waals surface area contributed by atoms with Gasteiger partial charge in [0.25, 0.3) is 0 Å². The van der Waals surface area contributed by atoms with Gasteiger partial charge in [0.2, 0.25) is 0 Å². The van der Waals surface area contributed by atoms with Crippen LogP contribution in [0, 0.1) is 5.82 Å². The van der Waals surface area contributed by atoms with E-state index in [-0.39, 0.29) is 11.9 Å². The highest BCUT2D eigenvalue weighted by Gasteiger charge is 2.23. The van der Waals surface area contributed by atoms with Crippen LogP contribution in [0.25, 0.3) is 0 Å². The Balaban J connectivity index is 1.74. The first-order valence-electron chi connectivity index (χ1n) is 6.47. The standard InChI is InChI=1S/C16H16FNS/c1-11(12-6-8-13(17)9-7-12)18-15-10-19-16-5-3-2-4-14(15)16/h2-9,11,15,18H,10H2,1H3/t11-,15?/m1/s1. The lowest BCUT2D eigenvalue weighted by atomic mass is 10.0. The fourth-order valence-electron chi connectivity index (χ4n) is 2.45. The van der Waals surface area contributed by atoms with Crippen molar-refractivity contribution in [3.05, 3.63) is 65.5 Å². The molecular formula is C16H16FNS. The Kier molecular flexibility index (Phi) is 3.58. The topological polar surface area (TPSA) is 12.0 Å². The first-order valence-corrected chi connectivity index (χ1v) is 7.46. The molecule has 1 aliphatic heterocycles. The van der Waals surface area contributed by atoms with E-state index in [4.69, 9.17) is 0 Å². The first-order chi connectivity index (χ1) is 9.24. The summed E-state index contributed by atoms with van der Waals surface area (Å²) < 4.78 is 12.9. The molecule has 2 atom stereocenters. The predicted molar refractivity (Wildman–Crippen MR) is 77.9 cm³/mol. The summed E-state index contributed by atoms with van der Waals surface area (Å²) >= 11 is 1.89. The van der Waals surface area contributed by atoms with E-state index in [1.165, 1.54) is 22.6 Å². The Morgan fingerprint density at radius 3 is 2.68 bits per heavy atom. The number of thioether (sulfide) groups is 1. The van der Waals surface area contributed by atoms with Gasteiger partial charge in [-0.15, -0.1) is 11.8 Å². The molecular weight excluding hydrogens is 257 g/mol. The van der Waals surface area contributed by atoms with Gasteiger partial charge in [-0.2, -0.15) is 0 Å². The molecule has 1 N–H and O–H groups in total. The van der Waals surface area contributed by atoms with Gasteiger partial charge in [0.15, 0.2) is 0 Å². The second kappa shape index (κ2) is 5.35. The fraction of sp³-hybridized carbons (Fsp3) is 0.250. The van der Waals surface area contributed by atoms with Gasteiger partial charge in [0, 0.05) is 22.7 Å². The van der Waals surface area contributed by atoms with E-state index in [2.05, 4.69) is 36.5 Å². The normalized spacial score (nSPS) is 19.2. The zero-order valence-corrected chi connectivity index (χ0v) is 11.6. The molecule has 0 spiro atoms. The average molecular weight is 273 g/mol. The number of nitrogens with one attached hydrogen (secondary N) is 1. The van der Waals surface area contributed by atoms with Crippen molar-refractivity contribution in [1.29, 1.82) is 0 Å². The van der Waals surface area contributed by atoms with Gasteiger partial charge in [-0.3, -0.25) is 0 Å². The number of rotatable bonds is 3. The Hall–Kier alpha value is -1.32. The second-order valence-corrected chi connectivity index (χ2v) is 5.90. The molecule has 0 bridgehead atoms. The summed E-state index contributed by atoms with van der Waals surface area (Å²) in [7, 11) is 0. The molecule has 0 radical (unpaired) electrons. The SMILES string of the molecule is C[C@@H](NC1CSc2ccccc21)c1ccc(F)cc1. The number of hydrogen-bond acceptors (Lipinski definition) is 2. The minimum atomic E-state index is -0.183. The highest BCUT2D eigenvalue weighted by atomic mass is 32.2. The van der Waals surface area contributed by atoms with Crippen LogP contribution < -0.4 is 5.32 Å². The van der Waals surface area contributed by atoms with Crippen LogP contribution in [0.4, 0.5) is 4.39 Å². The summed E-state index contributed by atoms with van der Waals surface area (Å²) in [5.41, 5.74) is 2.50. The van der Waals surface area contributed by atoms with Gasteiger partial charge in [-0.25, -0.2) is 4.39 Å². The minimum absolute atomic E-state index is 0.183. The largest absolute Gasteiger partial charge is 0.303 e. The van der Waals surface area contributed by atoms with Crippen LogP contribution in [-0.4, -0.2) is 5.75 Å². The third-order valence-corrected chi connectivity index (χ3v) is 4.70. The predicted octanol–water partition coefficient (Wildman–Crippen LogP) is 4.32. The summed E-state index contributed by atoms with van der Waals surface area (Å²) in [6.07, 6.45) is 0. The van der Waals surface area contributed by atoms with Crippen LogP contribution in [-0.2, 0) is 0 Å². The number of fused-ring (bicyclic) bond motifs is 1. The lowest BCUT2D eigenvalue weighted by molar-refractivity contribution is 0.500. The molecule has 3 heteroatoms. The van der Waals surface area contributed by atoms with Gasteiger partial charge in [0.1, 0.15) is 5.82 Å². The molecule has 2 aromatic carbocycles. The molecule has 1 unspecified atom stereocenters. The second-order valence-electron chi connectivity index (χ2n) is 4.84. The van der Waals surface area contributed by atoms with Crippen molar-refractivity contribution in [3.63, 3.8) is 0 Å². The van der Waals surface area contributed by atoms with Crippen LogP contribution in [0.15, 0.2) is 53.4 Å². The monoisotopic (exact) mass is 273 g/mol. The Morgan fingerprint density at radius 2 is 1.89 bits per heavy atom. The maximum Gasteiger partial charge on any atom is 0.123 e. The van der Waals surface area contributed by atoms with Crippen LogP contribution in [0.3, 0.4) is 0 Å². The Bertz CT molecular complexity index is 567. The molecule has 1 heterocycles. The zero-order valence-electron chi connectivity index (χ0n) is 10.8. The van der Waals surface area contributed by atoms with Crippen molar-refractivity contribution in [2.24, 2.45) is 0 Å². The van der Waals surface area contributed by atoms with Crippen molar-refractivity contribution >= 4 is 11.8 Å². The van der Waals surface area contributed by atoms with E-state index in [0.29, 0.717) is 6.04 Å². The van der Waals surface area contributed by atoms with E-state index in [9.17, 15) is 4.39 Å². The third-order valence-electron chi connectivity index (χ3n) is 3.52. The first kappa shape index (κ1) is 12.7. The summed E-state index contributed by atoms with van der Waals surface area (Å²) in [5.74, 6) is 0.878. The zero-order chi connectivity index (χ0) is 13.2. The molecule has 0 saturated carbocycles. The van der Waals surface area contributed by atoms with Crippen molar-refractivity contribution in [1.82, 2.24) is 5.32 Å². The highest BCUT2D eigenvalue weighted by molar-refractivity contribution is 7.99. The Morgan fingerprint density at radius 1 is 1.16 bits per heavy atom. The molecule has 98 valence electrons. The number of hydrogen-bond donors (Lipinski definition) is 1. The fourth-order valence-corrected chi connectivity index (χ4v) is 3.62. The molecule has 1 nitrogen and oxygen atoms in total. The lowest BCUT2D eigenvalue weighted by Gasteiger charge is -2.20. The summed E-state index contributed by atoms with van der Waals surface area (Å²) in [5, 5.41) is 3.63. The van der Waals surface area contributed by atoms with Crippen molar-refractivity contribution in [2.75, 3.05) is 5.75 Å². The van der Waals surface area contributed by atoms with Gasteiger partial charge < -0.3 is 5.32 Å². The third kappa shape index (κ3) is 2.67. The van der Waals surface area contributed by atoms with Gasteiger partial charge in [-0.1, -0.05) is 30.3 Å². The van der Waals surface area contributed by atoms with Crippen molar-refractivity contribution in [2.45, 2.75) is 23.9 Å². The number of halogens is 1. The van der Waals surface area contributed by atoms with E-state index in [0.717, 1.165) is 11.3 Å². The Labute approximate surface area is 117 Å². The van der Waals surface area contributed by atoms with Crippen LogP contribution >= 0.6 is 11.8 Å². The molecule has 0 saturated heterocycles. The number of benzene rings is 2. The van der Waals surface area contributed by atoms with E-state index in [1.807, 2.05) is 23.9 Å².